The topological polar surface area (TPSA) is 74.7 Å². The lowest BCUT2D eigenvalue weighted by atomic mass is 9.99. The van der Waals surface area contributed by atoms with Crippen molar-refractivity contribution in [3.63, 3.8) is 0 Å². The second-order valence-corrected chi connectivity index (χ2v) is 8.35. The molecule has 0 spiro atoms. The molecule has 0 heterocycles. The van der Waals surface area contributed by atoms with E-state index in [2.05, 4.69) is 13.8 Å². The third-order valence-corrected chi connectivity index (χ3v) is 5.26. The molecule has 0 fully saturated rings. The van der Waals surface area contributed by atoms with Crippen molar-refractivity contribution in [1.29, 1.82) is 0 Å². The Morgan fingerprint density at radius 3 is 2.04 bits per heavy atom. The van der Waals surface area contributed by atoms with E-state index < -0.39 is 27.9 Å². The zero-order chi connectivity index (χ0) is 19.5. The average molecular weight is 379 g/mol. The Morgan fingerprint density at radius 1 is 1.08 bits per heavy atom. The van der Waals surface area contributed by atoms with E-state index in [9.17, 15) is 22.7 Å². The third-order valence-electron chi connectivity index (χ3n) is 4.08. The number of sulfonamides is 1. The number of aliphatic carboxylic acids is 1. The molecule has 26 heavy (non-hydrogen) atoms. The van der Waals surface area contributed by atoms with Gasteiger partial charge < -0.3 is 5.11 Å². The van der Waals surface area contributed by atoms with Gasteiger partial charge in [0.2, 0.25) is 10.0 Å². The van der Waals surface area contributed by atoms with E-state index in [1.54, 1.807) is 12.1 Å². The number of hydrogen-bond acceptors (Lipinski definition) is 3. The highest BCUT2D eigenvalue weighted by Crippen LogP contribution is 2.24. The van der Waals surface area contributed by atoms with Crippen molar-refractivity contribution in [2.75, 3.05) is 10.6 Å². The van der Waals surface area contributed by atoms with E-state index in [0.717, 1.165) is 28.3 Å². The molecule has 0 aliphatic heterocycles. The van der Waals surface area contributed by atoms with Gasteiger partial charge in [0.25, 0.3) is 0 Å². The van der Waals surface area contributed by atoms with Crippen LogP contribution in [0.25, 0.3) is 0 Å². The van der Waals surface area contributed by atoms with E-state index in [1.807, 2.05) is 12.1 Å². The molecular weight excluding hydrogens is 357 g/mol. The first-order chi connectivity index (χ1) is 12.1. The van der Waals surface area contributed by atoms with Gasteiger partial charge in [0.1, 0.15) is 11.9 Å². The monoisotopic (exact) mass is 379 g/mol. The summed E-state index contributed by atoms with van der Waals surface area (Å²) in [5, 5.41) is 9.65. The smallest absolute Gasteiger partial charge is 0.327 e. The fourth-order valence-corrected chi connectivity index (χ4v) is 3.85. The van der Waals surface area contributed by atoms with Crippen molar-refractivity contribution in [3.8, 4) is 0 Å². The van der Waals surface area contributed by atoms with Gasteiger partial charge in [0, 0.05) is 6.42 Å². The summed E-state index contributed by atoms with van der Waals surface area (Å²) in [4.78, 5) is 11.8. The van der Waals surface area contributed by atoms with Crippen LogP contribution in [-0.2, 0) is 21.2 Å². The lowest BCUT2D eigenvalue weighted by Gasteiger charge is -2.29. The van der Waals surface area contributed by atoms with Gasteiger partial charge in [-0.2, -0.15) is 0 Å². The van der Waals surface area contributed by atoms with Crippen LogP contribution in [0.15, 0.2) is 48.5 Å². The van der Waals surface area contributed by atoms with Gasteiger partial charge >= 0.3 is 5.97 Å². The molecule has 0 amide bonds. The first kappa shape index (κ1) is 19.9. The lowest BCUT2D eigenvalue weighted by Crippen LogP contribution is -2.46. The molecule has 0 aromatic heterocycles. The highest BCUT2D eigenvalue weighted by Gasteiger charge is 2.32. The summed E-state index contributed by atoms with van der Waals surface area (Å²) < 4.78 is 38.5. The Bertz CT molecular complexity index is 861. The van der Waals surface area contributed by atoms with Crippen LogP contribution in [0.3, 0.4) is 0 Å². The highest BCUT2D eigenvalue weighted by atomic mass is 32.2. The Balaban J connectivity index is 2.41. The van der Waals surface area contributed by atoms with Crippen molar-refractivity contribution in [1.82, 2.24) is 0 Å². The largest absolute Gasteiger partial charge is 0.480 e. The van der Waals surface area contributed by atoms with Crippen LogP contribution in [0.4, 0.5) is 10.1 Å². The van der Waals surface area contributed by atoms with Crippen LogP contribution in [0.2, 0.25) is 0 Å². The molecule has 0 aliphatic carbocycles. The summed E-state index contributed by atoms with van der Waals surface area (Å²) in [7, 11) is -3.89. The van der Waals surface area contributed by atoms with Crippen molar-refractivity contribution in [2.45, 2.75) is 32.2 Å². The summed E-state index contributed by atoms with van der Waals surface area (Å²) in [6.07, 6.45) is 0.937. The van der Waals surface area contributed by atoms with Gasteiger partial charge in [-0.25, -0.2) is 17.6 Å². The minimum absolute atomic E-state index is 0.00183. The quantitative estimate of drug-likeness (QED) is 0.800. The van der Waals surface area contributed by atoms with Crippen molar-refractivity contribution in [3.05, 3.63) is 65.5 Å². The summed E-state index contributed by atoms with van der Waals surface area (Å²) >= 11 is 0. The molecule has 0 saturated heterocycles. The first-order valence-electron chi connectivity index (χ1n) is 8.16. The maximum atomic E-state index is 13.2. The van der Waals surface area contributed by atoms with Gasteiger partial charge in [-0.1, -0.05) is 38.1 Å². The number of carboxylic acids is 1. The second-order valence-electron chi connectivity index (χ2n) is 6.49. The molecule has 0 aliphatic rings. The Morgan fingerprint density at radius 2 is 1.62 bits per heavy atom. The van der Waals surface area contributed by atoms with E-state index in [0.29, 0.717) is 11.5 Å². The molecule has 0 bridgehead atoms. The normalized spacial score (nSPS) is 12.8. The number of nitrogens with zero attached hydrogens (tertiary/aromatic N) is 1. The SMILES string of the molecule is CC(C)c1ccc(C[C@H](C(=O)O)N(c2ccc(F)cc2)S(C)(=O)=O)cc1. The van der Waals surface area contributed by atoms with Crippen LogP contribution in [0.1, 0.15) is 30.9 Å². The molecule has 0 unspecified atom stereocenters. The number of halogens is 1. The van der Waals surface area contributed by atoms with E-state index in [-0.39, 0.29) is 12.1 Å². The molecule has 2 aromatic carbocycles. The Kier molecular flexibility index (Phi) is 6.02. The fraction of sp³-hybridized carbons (Fsp3) is 0.316. The first-order valence-corrected chi connectivity index (χ1v) is 10.0. The Labute approximate surface area is 153 Å². The lowest BCUT2D eigenvalue weighted by molar-refractivity contribution is -0.138. The Hall–Kier alpha value is -2.41. The minimum atomic E-state index is -3.89. The van der Waals surface area contributed by atoms with Gasteiger partial charge in [0.05, 0.1) is 11.9 Å². The predicted octanol–water partition coefficient (Wildman–Crippen LogP) is 3.41. The van der Waals surface area contributed by atoms with Crippen molar-refractivity contribution >= 4 is 21.7 Å². The molecule has 7 heteroatoms. The fourth-order valence-electron chi connectivity index (χ4n) is 2.72. The van der Waals surface area contributed by atoms with Crippen molar-refractivity contribution < 1.29 is 22.7 Å². The zero-order valence-corrected chi connectivity index (χ0v) is 15.7. The van der Waals surface area contributed by atoms with Crippen LogP contribution in [-0.4, -0.2) is 31.8 Å². The molecule has 2 rings (SSSR count). The van der Waals surface area contributed by atoms with Crippen LogP contribution in [0, 0.1) is 5.82 Å². The maximum absolute atomic E-state index is 13.2. The van der Waals surface area contributed by atoms with E-state index in [4.69, 9.17) is 0 Å². The zero-order valence-electron chi connectivity index (χ0n) is 14.9. The van der Waals surface area contributed by atoms with Crippen molar-refractivity contribution in [2.24, 2.45) is 0 Å². The summed E-state index contributed by atoms with van der Waals surface area (Å²) in [5.74, 6) is -1.46. The average Bonchev–Trinajstić information content (AvgIpc) is 2.55. The number of hydrogen-bond donors (Lipinski definition) is 1. The van der Waals surface area contributed by atoms with Gasteiger partial charge in [-0.15, -0.1) is 0 Å². The molecule has 2 aromatic rings. The van der Waals surface area contributed by atoms with Crippen LogP contribution < -0.4 is 4.31 Å². The minimum Gasteiger partial charge on any atom is -0.480 e. The number of carbonyl (C=O) groups is 1. The molecule has 0 saturated carbocycles. The molecule has 1 atom stereocenters. The number of benzene rings is 2. The highest BCUT2D eigenvalue weighted by molar-refractivity contribution is 7.92. The number of rotatable bonds is 7. The molecule has 140 valence electrons. The standard InChI is InChI=1S/C19H22FNO4S/c1-13(2)15-6-4-14(5-7-15)12-18(19(22)23)21(26(3,24)25)17-10-8-16(20)9-11-17/h4-11,13,18H,12H2,1-3H3,(H,22,23)/t18-/m1/s1. The van der Waals surface area contributed by atoms with Crippen LogP contribution in [0.5, 0.6) is 0 Å². The van der Waals surface area contributed by atoms with Crippen LogP contribution >= 0.6 is 0 Å². The number of carboxylic acid groups (broad SMARTS) is 1. The van der Waals surface area contributed by atoms with Gasteiger partial charge in [-0.3, -0.25) is 4.31 Å². The maximum Gasteiger partial charge on any atom is 0.327 e. The van der Waals surface area contributed by atoms with Gasteiger partial charge in [0.15, 0.2) is 0 Å². The predicted molar refractivity (Wildman–Crippen MR) is 99.4 cm³/mol. The molecule has 5 nitrogen and oxygen atoms in total. The molecule has 1 N–H and O–H groups in total. The molecule has 0 radical (unpaired) electrons. The number of anilines is 1. The summed E-state index contributed by atoms with van der Waals surface area (Å²) in [6.45, 7) is 4.10. The van der Waals surface area contributed by atoms with Gasteiger partial charge in [-0.05, 0) is 41.3 Å². The van der Waals surface area contributed by atoms with E-state index in [1.165, 1.54) is 12.1 Å². The second kappa shape index (κ2) is 7.86. The van der Waals surface area contributed by atoms with E-state index >= 15 is 0 Å². The molecular formula is C19H22FNO4S. The third kappa shape index (κ3) is 4.82. The summed E-state index contributed by atoms with van der Waals surface area (Å²) in [6, 6.07) is 10.8. The summed E-state index contributed by atoms with van der Waals surface area (Å²) in [5.41, 5.74) is 1.93.